The van der Waals surface area contributed by atoms with Crippen molar-refractivity contribution < 1.29 is 4.74 Å². The lowest BCUT2D eigenvalue weighted by atomic mass is 9.85. The van der Waals surface area contributed by atoms with Crippen molar-refractivity contribution in [1.82, 2.24) is 10.3 Å². The molecule has 1 aromatic rings. The molecule has 3 nitrogen and oxygen atoms in total. The van der Waals surface area contributed by atoms with E-state index in [-0.39, 0.29) is 0 Å². The van der Waals surface area contributed by atoms with Crippen molar-refractivity contribution in [1.29, 1.82) is 0 Å². The van der Waals surface area contributed by atoms with Gasteiger partial charge in [0.2, 0.25) is 5.88 Å². The van der Waals surface area contributed by atoms with E-state index in [0.29, 0.717) is 6.10 Å². The first-order valence-electron chi connectivity index (χ1n) is 8.15. The summed E-state index contributed by atoms with van der Waals surface area (Å²) in [5, 5.41) is 3.38. The smallest absolute Gasteiger partial charge is 0.213 e. The number of hydrogen-bond acceptors (Lipinski definition) is 3. The van der Waals surface area contributed by atoms with Gasteiger partial charge < -0.3 is 10.1 Å². The molecule has 0 saturated heterocycles. The Bertz CT molecular complexity index is 394. The van der Waals surface area contributed by atoms with Gasteiger partial charge >= 0.3 is 0 Å². The molecule has 0 bridgehead atoms. The maximum Gasteiger partial charge on any atom is 0.213 e. The first-order chi connectivity index (χ1) is 9.81. The summed E-state index contributed by atoms with van der Waals surface area (Å²) < 4.78 is 6.10. The summed E-state index contributed by atoms with van der Waals surface area (Å²) in [6, 6.07) is 6.09. The van der Waals surface area contributed by atoms with Crippen molar-refractivity contribution in [3.63, 3.8) is 0 Å². The Morgan fingerprint density at radius 2 is 2.20 bits per heavy atom. The van der Waals surface area contributed by atoms with Crippen LogP contribution in [0.1, 0.15) is 58.1 Å². The maximum atomic E-state index is 6.10. The fourth-order valence-corrected chi connectivity index (χ4v) is 2.91. The van der Waals surface area contributed by atoms with E-state index in [9.17, 15) is 0 Å². The molecule has 0 spiro atoms. The van der Waals surface area contributed by atoms with Crippen molar-refractivity contribution in [3.05, 3.63) is 23.9 Å². The standard InChI is InChI=1S/C17H28N2O/c1-3-11-18-13-15-8-6-10-17(19-15)20-16-9-5-7-14(4-2)12-16/h6,8,10,14,16,18H,3-5,7,9,11-13H2,1-2H3. The van der Waals surface area contributed by atoms with E-state index in [1.807, 2.05) is 12.1 Å². The van der Waals surface area contributed by atoms with Gasteiger partial charge in [0, 0.05) is 12.6 Å². The second-order valence-electron chi connectivity index (χ2n) is 5.82. The molecule has 2 rings (SSSR count). The van der Waals surface area contributed by atoms with Gasteiger partial charge in [-0.2, -0.15) is 0 Å². The predicted octanol–water partition coefficient (Wildman–Crippen LogP) is 3.93. The summed E-state index contributed by atoms with van der Waals surface area (Å²) in [5.41, 5.74) is 1.07. The number of hydrogen-bond donors (Lipinski definition) is 1. The van der Waals surface area contributed by atoms with Crippen molar-refractivity contribution in [2.24, 2.45) is 5.92 Å². The quantitative estimate of drug-likeness (QED) is 0.766. The van der Waals surface area contributed by atoms with E-state index in [0.717, 1.165) is 37.0 Å². The Morgan fingerprint density at radius 1 is 1.30 bits per heavy atom. The van der Waals surface area contributed by atoms with Crippen LogP contribution in [0.5, 0.6) is 5.88 Å². The molecule has 1 N–H and O–H groups in total. The third kappa shape index (κ3) is 4.78. The lowest BCUT2D eigenvalue weighted by Crippen LogP contribution is -2.25. The summed E-state index contributed by atoms with van der Waals surface area (Å²) >= 11 is 0. The number of nitrogens with one attached hydrogen (secondary N) is 1. The molecule has 0 aromatic carbocycles. The molecule has 0 amide bonds. The van der Waals surface area contributed by atoms with Crippen LogP contribution in [0.3, 0.4) is 0 Å². The molecule has 1 aliphatic rings. The molecule has 1 aromatic heterocycles. The summed E-state index contributed by atoms with van der Waals surface area (Å²) in [6.07, 6.45) is 7.81. The minimum absolute atomic E-state index is 0.361. The first-order valence-corrected chi connectivity index (χ1v) is 8.15. The second-order valence-corrected chi connectivity index (χ2v) is 5.82. The number of pyridine rings is 1. The molecule has 2 unspecified atom stereocenters. The summed E-state index contributed by atoms with van der Waals surface area (Å²) in [5.74, 6) is 1.63. The molecule has 3 heteroatoms. The van der Waals surface area contributed by atoms with Crippen LogP contribution in [-0.4, -0.2) is 17.6 Å². The molecule has 20 heavy (non-hydrogen) atoms. The van der Waals surface area contributed by atoms with Crippen LogP contribution in [0.15, 0.2) is 18.2 Å². The zero-order valence-electron chi connectivity index (χ0n) is 12.9. The van der Waals surface area contributed by atoms with Crippen molar-refractivity contribution in [2.45, 2.75) is 65.0 Å². The molecule has 0 aliphatic heterocycles. The van der Waals surface area contributed by atoms with Crippen LogP contribution in [-0.2, 0) is 6.54 Å². The minimum Gasteiger partial charge on any atom is -0.474 e. The van der Waals surface area contributed by atoms with Crippen LogP contribution in [0.4, 0.5) is 0 Å². The zero-order valence-corrected chi connectivity index (χ0v) is 12.9. The molecule has 1 saturated carbocycles. The highest BCUT2D eigenvalue weighted by atomic mass is 16.5. The van der Waals surface area contributed by atoms with E-state index in [4.69, 9.17) is 4.74 Å². The Hall–Kier alpha value is -1.09. The van der Waals surface area contributed by atoms with Crippen molar-refractivity contribution >= 4 is 0 Å². The Balaban J connectivity index is 1.87. The predicted molar refractivity (Wildman–Crippen MR) is 82.9 cm³/mol. The van der Waals surface area contributed by atoms with Crippen LogP contribution in [0.25, 0.3) is 0 Å². The molecule has 1 aliphatic carbocycles. The number of rotatable bonds is 7. The van der Waals surface area contributed by atoms with Gasteiger partial charge in [0.25, 0.3) is 0 Å². The van der Waals surface area contributed by atoms with Crippen LogP contribution in [0, 0.1) is 5.92 Å². The van der Waals surface area contributed by atoms with Crippen molar-refractivity contribution in [2.75, 3.05) is 6.54 Å². The van der Waals surface area contributed by atoms with Gasteiger partial charge in [0.1, 0.15) is 6.10 Å². The summed E-state index contributed by atoms with van der Waals surface area (Å²) in [6.45, 7) is 6.32. The molecule has 0 radical (unpaired) electrons. The van der Waals surface area contributed by atoms with Gasteiger partial charge in [-0.25, -0.2) is 4.98 Å². The van der Waals surface area contributed by atoms with Gasteiger partial charge in [0.15, 0.2) is 0 Å². The zero-order chi connectivity index (χ0) is 14.2. The van der Waals surface area contributed by atoms with Gasteiger partial charge in [0.05, 0.1) is 5.69 Å². The largest absolute Gasteiger partial charge is 0.474 e. The highest BCUT2D eigenvalue weighted by Crippen LogP contribution is 2.29. The van der Waals surface area contributed by atoms with E-state index in [1.165, 1.54) is 32.1 Å². The normalized spacial score (nSPS) is 22.7. The second kappa shape index (κ2) is 8.25. The van der Waals surface area contributed by atoms with Crippen LogP contribution >= 0.6 is 0 Å². The highest BCUT2D eigenvalue weighted by Gasteiger charge is 2.22. The SMILES string of the molecule is CCCNCc1cccc(OC2CCCC(CC)C2)n1. The fourth-order valence-electron chi connectivity index (χ4n) is 2.91. The molecule has 2 atom stereocenters. The Kier molecular flexibility index (Phi) is 6.31. The van der Waals surface area contributed by atoms with Crippen molar-refractivity contribution in [3.8, 4) is 5.88 Å². The topological polar surface area (TPSA) is 34.1 Å². The summed E-state index contributed by atoms with van der Waals surface area (Å²) in [7, 11) is 0. The number of aromatic nitrogens is 1. The third-order valence-corrected chi connectivity index (χ3v) is 4.11. The van der Waals surface area contributed by atoms with E-state index in [1.54, 1.807) is 0 Å². The van der Waals surface area contributed by atoms with Gasteiger partial charge in [-0.15, -0.1) is 0 Å². The molecular formula is C17H28N2O. The monoisotopic (exact) mass is 276 g/mol. The van der Waals surface area contributed by atoms with Gasteiger partial charge in [-0.3, -0.25) is 0 Å². The Morgan fingerprint density at radius 3 is 3.00 bits per heavy atom. The number of nitrogens with zero attached hydrogens (tertiary/aromatic N) is 1. The Labute approximate surface area is 123 Å². The first kappa shape index (κ1) is 15.3. The van der Waals surface area contributed by atoms with Gasteiger partial charge in [-0.1, -0.05) is 32.8 Å². The molecule has 1 heterocycles. The van der Waals surface area contributed by atoms with E-state index in [2.05, 4.69) is 30.2 Å². The van der Waals surface area contributed by atoms with E-state index < -0.39 is 0 Å². The fraction of sp³-hybridized carbons (Fsp3) is 0.706. The molecule has 112 valence electrons. The third-order valence-electron chi connectivity index (χ3n) is 4.11. The minimum atomic E-state index is 0.361. The molecule has 1 fully saturated rings. The maximum absolute atomic E-state index is 6.10. The lowest BCUT2D eigenvalue weighted by molar-refractivity contribution is 0.117. The highest BCUT2D eigenvalue weighted by molar-refractivity contribution is 5.16. The average molecular weight is 276 g/mol. The van der Waals surface area contributed by atoms with Gasteiger partial charge in [-0.05, 0) is 44.2 Å². The molecular weight excluding hydrogens is 248 g/mol. The van der Waals surface area contributed by atoms with E-state index >= 15 is 0 Å². The van der Waals surface area contributed by atoms with Crippen LogP contribution < -0.4 is 10.1 Å². The van der Waals surface area contributed by atoms with Crippen LogP contribution in [0.2, 0.25) is 0 Å². The average Bonchev–Trinajstić information content (AvgIpc) is 2.48. The lowest BCUT2D eigenvalue weighted by Gasteiger charge is -2.28. The summed E-state index contributed by atoms with van der Waals surface area (Å²) in [4.78, 5) is 4.60. The number of ether oxygens (including phenoxy) is 1.